The van der Waals surface area contributed by atoms with Crippen molar-refractivity contribution < 1.29 is 19.4 Å². The van der Waals surface area contributed by atoms with Crippen LogP contribution in [0.2, 0.25) is 25.7 Å². The van der Waals surface area contributed by atoms with Gasteiger partial charge in [-0.05, 0) is 24.4 Å². The quantitative estimate of drug-likeness (QED) is 0.297. The molecule has 0 bridgehead atoms. The monoisotopic (exact) mass is 527 g/mol. The highest BCUT2D eigenvalue weighted by molar-refractivity contribution is 6.76. The van der Waals surface area contributed by atoms with Crippen LogP contribution in [0.25, 0.3) is 22.6 Å². The van der Waals surface area contributed by atoms with Crippen molar-refractivity contribution in [3.63, 3.8) is 0 Å². The molecule has 0 saturated heterocycles. The Balaban J connectivity index is 1.62. The van der Waals surface area contributed by atoms with Crippen LogP contribution >= 0.6 is 0 Å². The van der Waals surface area contributed by atoms with Crippen LogP contribution in [0, 0.1) is 5.92 Å². The van der Waals surface area contributed by atoms with E-state index in [1.807, 2.05) is 6.07 Å². The zero-order valence-corrected chi connectivity index (χ0v) is 23.3. The average Bonchev–Trinajstić information content (AvgIpc) is 3.38. The molecule has 3 aromatic rings. The Morgan fingerprint density at radius 3 is 2.76 bits per heavy atom. The number of fused-ring (bicyclic) bond motifs is 1. The van der Waals surface area contributed by atoms with Gasteiger partial charge in [0.2, 0.25) is 0 Å². The summed E-state index contributed by atoms with van der Waals surface area (Å²) in [6, 6.07) is 2.38. The molecule has 1 aliphatic carbocycles. The number of carbonyl (C=O) groups excluding carboxylic acids is 1. The third-order valence-electron chi connectivity index (χ3n) is 6.41. The van der Waals surface area contributed by atoms with E-state index in [9.17, 15) is 14.7 Å². The molecule has 1 amide bonds. The highest BCUT2D eigenvalue weighted by atomic mass is 28.3. The minimum atomic E-state index is -1.16. The zero-order chi connectivity index (χ0) is 26.7. The topological polar surface area (TPSA) is 137 Å². The first-order valence-corrected chi connectivity index (χ1v) is 16.5. The van der Waals surface area contributed by atoms with Gasteiger partial charge in [-0.2, -0.15) is 0 Å². The number of Topliss-reactive ketones (excluding diaryl/α,β-unsaturated/α-hetero) is 1. The normalized spacial score (nSPS) is 18.6. The lowest BCUT2D eigenvalue weighted by Crippen LogP contribution is -2.41. The molecule has 12 heteroatoms. The summed E-state index contributed by atoms with van der Waals surface area (Å²) in [5.41, 5.74) is 2.18. The maximum absolute atomic E-state index is 12.6. The van der Waals surface area contributed by atoms with Crippen molar-refractivity contribution in [1.29, 1.82) is 0 Å². The molecular weight excluding hydrogens is 490 g/mol. The number of ether oxygens (including phenoxy) is 1. The summed E-state index contributed by atoms with van der Waals surface area (Å²) in [5.74, 6) is 1.75. The lowest BCUT2D eigenvalue weighted by molar-refractivity contribution is -0.121. The van der Waals surface area contributed by atoms with Gasteiger partial charge in [0.15, 0.2) is 5.82 Å². The Morgan fingerprint density at radius 1 is 1.27 bits per heavy atom. The van der Waals surface area contributed by atoms with Gasteiger partial charge in [0.1, 0.15) is 35.9 Å². The number of hydrogen-bond donors (Lipinski definition) is 2. The summed E-state index contributed by atoms with van der Waals surface area (Å²) < 4.78 is 9.55. The molecule has 2 atom stereocenters. The molecule has 2 unspecified atom stereocenters. The van der Waals surface area contributed by atoms with Crippen molar-refractivity contribution in [3.05, 3.63) is 24.4 Å². The maximum atomic E-state index is 12.6. The highest BCUT2D eigenvalue weighted by Gasteiger charge is 2.32. The Labute approximate surface area is 217 Å². The number of amides is 1. The summed E-state index contributed by atoms with van der Waals surface area (Å²) in [5, 5.41) is 16.3. The Hall–Kier alpha value is -3.12. The van der Waals surface area contributed by atoms with Crippen molar-refractivity contribution in [3.8, 4) is 11.5 Å². The van der Waals surface area contributed by atoms with Crippen LogP contribution in [0.1, 0.15) is 45.0 Å². The highest BCUT2D eigenvalue weighted by Crippen LogP contribution is 2.33. The van der Waals surface area contributed by atoms with Crippen LogP contribution in [0.3, 0.4) is 0 Å². The second-order valence-corrected chi connectivity index (χ2v) is 17.1. The fraction of sp³-hybridized carbons (Fsp3) is 0.600. The fourth-order valence-corrected chi connectivity index (χ4v) is 5.45. The maximum Gasteiger partial charge on any atom is 0.404 e. The van der Waals surface area contributed by atoms with Gasteiger partial charge in [0, 0.05) is 46.0 Å². The van der Waals surface area contributed by atoms with E-state index in [0.29, 0.717) is 43.6 Å². The second-order valence-electron chi connectivity index (χ2n) is 11.5. The number of carboxylic acid groups (broad SMARTS) is 1. The number of ketones is 1. The summed E-state index contributed by atoms with van der Waals surface area (Å²) >= 11 is 0. The van der Waals surface area contributed by atoms with Crippen molar-refractivity contribution in [2.75, 3.05) is 6.61 Å². The van der Waals surface area contributed by atoms with Crippen molar-refractivity contribution in [2.45, 2.75) is 84.0 Å². The van der Waals surface area contributed by atoms with Crippen molar-refractivity contribution >= 4 is 31.0 Å². The Morgan fingerprint density at radius 2 is 2.05 bits per heavy atom. The number of imidazole rings is 1. The number of carbonyl (C=O) groups is 2. The first-order chi connectivity index (χ1) is 17.5. The molecule has 37 heavy (non-hydrogen) atoms. The third-order valence-corrected chi connectivity index (χ3v) is 8.12. The summed E-state index contributed by atoms with van der Waals surface area (Å²) in [6.45, 7) is 12.2. The van der Waals surface area contributed by atoms with E-state index in [2.05, 4.69) is 58.4 Å². The fourth-order valence-electron chi connectivity index (χ4n) is 4.70. The van der Waals surface area contributed by atoms with Crippen LogP contribution in [-0.4, -0.2) is 67.0 Å². The van der Waals surface area contributed by atoms with Gasteiger partial charge >= 0.3 is 6.09 Å². The number of nitrogens with zero attached hydrogens (tertiary/aromatic N) is 6. The van der Waals surface area contributed by atoms with Gasteiger partial charge in [0.25, 0.3) is 0 Å². The predicted molar refractivity (Wildman–Crippen MR) is 142 cm³/mol. The molecule has 1 aliphatic rings. The number of aromatic nitrogens is 6. The zero-order valence-electron chi connectivity index (χ0n) is 22.3. The van der Waals surface area contributed by atoms with Gasteiger partial charge in [-0.1, -0.05) is 33.5 Å². The molecule has 4 rings (SSSR count). The standard InChI is InChI=1S/C25H37N7O4Si/c1-16(2)8-23-29-21-13-26-20(24-27-14-31(30-24)15-36-6-7-37(3,4)5)12-22(21)32(23)18-9-17(28-25(34)35)10-19(33)11-18/h12-14,16-18,28H,6-11,15H2,1-5H3,(H,34,35). The van der Waals surface area contributed by atoms with Crippen LogP contribution in [0.5, 0.6) is 0 Å². The molecule has 0 spiro atoms. The van der Waals surface area contributed by atoms with E-state index in [-0.39, 0.29) is 18.2 Å². The molecule has 0 aliphatic heterocycles. The molecule has 1 fully saturated rings. The molecular formula is C25H37N7O4Si. The average molecular weight is 528 g/mol. The van der Waals surface area contributed by atoms with Crippen LogP contribution in [0.15, 0.2) is 18.6 Å². The number of pyridine rings is 1. The van der Waals surface area contributed by atoms with Gasteiger partial charge in [-0.3, -0.25) is 9.78 Å². The Kier molecular flexibility index (Phi) is 8.07. The third kappa shape index (κ3) is 7.01. The van der Waals surface area contributed by atoms with Crippen LogP contribution in [-0.2, 0) is 22.7 Å². The van der Waals surface area contributed by atoms with E-state index in [1.54, 1.807) is 17.2 Å². The lowest BCUT2D eigenvalue weighted by Gasteiger charge is -2.30. The van der Waals surface area contributed by atoms with Crippen molar-refractivity contribution in [1.82, 2.24) is 34.6 Å². The summed E-state index contributed by atoms with van der Waals surface area (Å²) in [7, 11) is -1.16. The van der Waals surface area contributed by atoms with Gasteiger partial charge in [-0.15, -0.1) is 5.10 Å². The molecule has 200 valence electrons. The minimum Gasteiger partial charge on any atom is -0.465 e. The summed E-state index contributed by atoms with van der Waals surface area (Å²) in [6.07, 6.45) is 4.04. The van der Waals surface area contributed by atoms with Gasteiger partial charge in [-0.25, -0.2) is 19.4 Å². The van der Waals surface area contributed by atoms with E-state index in [0.717, 1.165) is 29.3 Å². The lowest BCUT2D eigenvalue weighted by atomic mass is 9.89. The van der Waals surface area contributed by atoms with Gasteiger partial charge in [0.05, 0.1) is 11.7 Å². The minimum absolute atomic E-state index is 0.0381. The van der Waals surface area contributed by atoms with E-state index >= 15 is 0 Å². The molecule has 11 nitrogen and oxygen atoms in total. The van der Waals surface area contributed by atoms with Crippen LogP contribution < -0.4 is 5.32 Å². The summed E-state index contributed by atoms with van der Waals surface area (Å²) in [4.78, 5) is 37.7. The van der Waals surface area contributed by atoms with E-state index < -0.39 is 20.2 Å². The molecule has 2 N–H and O–H groups in total. The van der Waals surface area contributed by atoms with E-state index in [1.165, 1.54) is 0 Å². The molecule has 3 heterocycles. The second kappa shape index (κ2) is 11.1. The van der Waals surface area contributed by atoms with E-state index in [4.69, 9.17) is 9.72 Å². The number of rotatable bonds is 10. The molecule has 0 aromatic carbocycles. The SMILES string of the molecule is CC(C)Cc1nc2cnc(-c3ncn(COCC[Si](C)(C)C)n3)cc2n1C1CC(=O)CC(NC(=O)O)C1. The van der Waals surface area contributed by atoms with Gasteiger partial charge < -0.3 is 19.7 Å². The molecule has 3 aromatic heterocycles. The number of hydrogen-bond acceptors (Lipinski definition) is 7. The molecule has 0 radical (unpaired) electrons. The van der Waals surface area contributed by atoms with Crippen LogP contribution in [0.4, 0.5) is 4.79 Å². The molecule has 1 saturated carbocycles. The Bertz CT molecular complexity index is 1260. The predicted octanol–water partition coefficient (Wildman–Crippen LogP) is 4.13. The first-order valence-electron chi connectivity index (χ1n) is 12.8. The van der Waals surface area contributed by atoms with Crippen molar-refractivity contribution in [2.24, 2.45) is 5.92 Å². The first kappa shape index (κ1) is 26.9. The smallest absolute Gasteiger partial charge is 0.404 e. The largest absolute Gasteiger partial charge is 0.465 e. The number of nitrogens with one attached hydrogen (secondary N) is 1.